The van der Waals surface area contributed by atoms with Crippen LogP contribution in [0.15, 0.2) is 42.5 Å². The third-order valence-electron chi connectivity index (χ3n) is 2.47. The van der Waals surface area contributed by atoms with Gasteiger partial charge in [0.1, 0.15) is 18.2 Å². The van der Waals surface area contributed by atoms with Crippen molar-refractivity contribution < 1.29 is 13.9 Å². The summed E-state index contributed by atoms with van der Waals surface area (Å²) in [5.41, 5.74) is 1.30. The highest BCUT2D eigenvalue weighted by Gasteiger charge is 2.07. The zero-order chi connectivity index (χ0) is 13.8. The van der Waals surface area contributed by atoms with Crippen LogP contribution < -0.4 is 4.74 Å². The molecule has 2 aromatic carbocycles. The number of benzene rings is 2. The topological polar surface area (TPSA) is 26.3 Å². The molecule has 0 spiro atoms. The van der Waals surface area contributed by atoms with Gasteiger partial charge in [-0.3, -0.25) is 4.79 Å². The summed E-state index contributed by atoms with van der Waals surface area (Å²) >= 11 is 7.47. The van der Waals surface area contributed by atoms with E-state index >= 15 is 0 Å². The summed E-state index contributed by atoms with van der Waals surface area (Å²) in [6.07, 6.45) is 0. The molecule has 2 aromatic rings. The number of halogens is 3. The van der Waals surface area contributed by atoms with Crippen molar-refractivity contribution in [1.82, 2.24) is 0 Å². The fourth-order valence-corrected chi connectivity index (χ4v) is 2.27. The minimum atomic E-state index is -0.497. The van der Waals surface area contributed by atoms with Gasteiger partial charge in [-0.1, -0.05) is 12.1 Å². The van der Waals surface area contributed by atoms with Crippen LogP contribution in [0, 0.1) is 9.39 Å². The molecule has 0 aromatic heterocycles. The standard InChI is InChI=1S/C14H9ClFIO2/c15-14(18)10-3-6-13(12(17)7-10)19-8-9-1-4-11(16)5-2-9/h1-7H,8H2. The van der Waals surface area contributed by atoms with E-state index in [2.05, 4.69) is 22.6 Å². The smallest absolute Gasteiger partial charge is 0.252 e. The van der Waals surface area contributed by atoms with Gasteiger partial charge < -0.3 is 4.74 Å². The molecule has 0 radical (unpaired) electrons. The van der Waals surface area contributed by atoms with E-state index in [1.807, 2.05) is 0 Å². The molecule has 2 rings (SSSR count). The van der Waals surface area contributed by atoms with Gasteiger partial charge >= 0.3 is 0 Å². The van der Waals surface area contributed by atoms with Gasteiger partial charge in [0, 0.05) is 5.56 Å². The molecular weight excluding hydrogens is 382 g/mol. The molecule has 0 aliphatic carbocycles. The number of hydrogen-bond acceptors (Lipinski definition) is 2. The molecule has 0 aliphatic heterocycles. The molecule has 0 bridgehead atoms. The molecule has 0 heterocycles. The zero-order valence-electron chi connectivity index (χ0n) is 9.70. The molecule has 5 heteroatoms. The van der Waals surface area contributed by atoms with E-state index < -0.39 is 5.24 Å². The van der Waals surface area contributed by atoms with Gasteiger partial charge in [0.2, 0.25) is 0 Å². The predicted molar refractivity (Wildman–Crippen MR) is 80.1 cm³/mol. The van der Waals surface area contributed by atoms with E-state index in [1.165, 1.54) is 12.1 Å². The van der Waals surface area contributed by atoms with Gasteiger partial charge in [0.25, 0.3) is 5.24 Å². The van der Waals surface area contributed by atoms with Crippen molar-refractivity contribution in [3.8, 4) is 5.75 Å². The summed E-state index contributed by atoms with van der Waals surface area (Å²) in [5, 5.41) is -0.497. The highest BCUT2D eigenvalue weighted by atomic mass is 127. The molecule has 2 nitrogen and oxygen atoms in total. The molecular formula is C14H9ClFIO2. The van der Waals surface area contributed by atoms with Crippen LogP contribution in [-0.2, 0) is 6.61 Å². The Labute approximate surface area is 128 Å². The van der Waals surface area contributed by atoms with Crippen LogP contribution in [0.25, 0.3) is 0 Å². The average Bonchev–Trinajstić information content (AvgIpc) is 2.39. The molecule has 19 heavy (non-hydrogen) atoms. The Morgan fingerprint density at radius 2 is 1.89 bits per heavy atom. The quantitative estimate of drug-likeness (QED) is 0.572. The third-order valence-corrected chi connectivity index (χ3v) is 3.53. The number of rotatable bonds is 4. The van der Waals surface area contributed by atoms with Crippen LogP contribution in [-0.4, -0.2) is 5.24 Å². The second-order valence-corrected chi connectivity index (χ2v) is 5.34. The summed E-state index contributed by atoms with van der Waals surface area (Å²) in [6.45, 7) is 0.338. The van der Waals surface area contributed by atoms with Crippen LogP contribution in [0.1, 0.15) is 15.9 Å². The molecule has 0 aliphatic rings. The molecule has 0 saturated carbocycles. The lowest BCUT2D eigenvalue weighted by atomic mass is 10.2. The molecule has 0 unspecified atom stereocenters. The predicted octanol–water partition coefficient (Wildman–Crippen LogP) is 4.39. The van der Waals surface area contributed by atoms with Crippen molar-refractivity contribution in [2.75, 3.05) is 0 Å². The first-order valence-corrected chi connectivity index (χ1v) is 6.88. The van der Waals surface area contributed by atoms with E-state index in [0.717, 1.165) is 9.13 Å². The number of carbonyl (C=O) groups is 1. The third kappa shape index (κ3) is 3.91. The van der Waals surface area contributed by atoms with E-state index in [9.17, 15) is 9.18 Å². The minimum Gasteiger partial charge on any atom is -0.488 e. The highest BCUT2D eigenvalue weighted by Crippen LogP contribution is 2.23. The largest absolute Gasteiger partial charge is 0.488 e. The van der Waals surface area contributed by atoms with Gasteiger partial charge in [0.15, 0.2) is 0 Å². The van der Waals surface area contributed by atoms with E-state index in [0.29, 0.717) is 17.9 Å². The van der Waals surface area contributed by atoms with Crippen LogP contribution in [0.5, 0.6) is 5.75 Å². The second-order valence-electron chi connectivity index (χ2n) is 3.83. The fraction of sp³-hybridized carbons (Fsp3) is 0.0714. The van der Waals surface area contributed by atoms with Crippen LogP contribution in [0.4, 0.5) is 4.39 Å². The lowest BCUT2D eigenvalue weighted by molar-refractivity contribution is 0.108. The minimum absolute atomic E-state index is 0.275. The van der Waals surface area contributed by atoms with Gasteiger partial charge in [-0.25, -0.2) is 4.39 Å². The van der Waals surface area contributed by atoms with Gasteiger partial charge in [0.05, 0.1) is 3.57 Å². The van der Waals surface area contributed by atoms with Crippen molar-refractivity contribution in [2.45, 2.75) is 6.61 Å². The Morgan fingerprint density at radius 3 is 2.47 bits per heavy atom. The summed E-state index contributed by atoms with van der Waals surface area (Å²) in [6, 6.07) is 11.1. The number of hydrogen-bond donors (Lipinski definition) is 0. The Kier molecular flexibility index (Phi) is 4.76. The zero-order valence-corrected chi connectivity index (χ0v) is 12.6. The molecule has 0 saturated heterocycles. The van der Waals surface area contributed by atoms with Crippen LogP contribution in [0.2, 0.25) is 0 Å². The lowest BCUT2D eigenvalue weighted by Gasteiger charge is -2.09. The molecule has 0 N–H and O–H groups in total. The summed E-state index contributed by atoms with van der Waals surface area (Å²) in [5.74, 6) is 0.384. The summed E-state index contributed by atoms with van der Waals surface area (Å²) < 4.78 is 19.2. The van der Waals surface area contributed by atoms with Crippen LogP contribution in [0.3, 0.4) is 0 Å². The number of ether oxygens (including phenoxy) is 1. The highest BCUT2D eigenvalue weighted by molar-refractivity contribution is 14.1. The van der Waals surface area contributed by atoms with Crippen molar-refractivity contribution in [3.05, 3.63) is 63.0 Å². The summed E-state index contributed by atoms with van der Waals surface area (Å²) in [7, 11) is 0. The molecule has 98 valence electrons. The molecule has 0 amide bonds. The van der Waals surface area contributed by atoms with Gasteiger partial charge in [-0.05, 0) is 70.1 Å². The van der Waals surface area contributed by atoms with E-state index in [1.54, 1.807) is 30.3 Å². The normalized spacial score (nSPS) is 10.3. The fourth-order valence-electron chi connectivity index (χ4n) is 1.48. The first kappa shape index (κ1) is 14.3. The van der Waals surface area contributed by atoms with E-state index in [-0.39, 0.29) is 5.82 Å². The van der Waals surface area contributed by atoms with Gasteiger partial charge in [-0.15, -0.1) is 0 Å². The van der Waals surface area contributed by atoms with Crippen molar-refractivity contribution in [3.63, 3.8) is 0 Å². The van der Waals surface area contributed by atoms with Crippen molar-refractivity contribution in [1.29, 1.82) is 0 Å². The first-order valence-electron chi connectivity index (χ1n) is 5.43. The van der Waals surface area contributed by atoms with Crippen LogP contribution >= 0.6 is 34.2 Å². The lowest BCUT2D eigenvalue weighted by Crippen LogP contribution is -1.98. The summed E-state index contributed by atoms with van der Waals surface area (Å²) in [4.78, 5) is 11.0. The molecule has 0 atom stereocenters. The number of carbonyl (C=O) groups excluding carboxylic acids is 1. The van der Waals surface area contributed by atoms with E-state index in [4.69, 9.17) is 16.3 Å². The SMILES string of the molecule is O=C(Cl)c1ccc(OCc2ccc(F)cc2)c(I)c1. The maximum absolute atomic E-state index is 12.7. The maximum Gasteiger partial charge on any atom is 0.252 e. The second kappa shape index (κ2) is 6.34. The Balaban J connectivity index is 2.07. The Morgan fingerprint density at radius 1 is 1.21 bits per heavy atom. The Hall–Kier alpha value is -1.14. The van der Waals surface area contributed by atoms with Gasteiger partial charge in [-0.2, -0.15) is 0 Å². The van der Waals surface area contributed by atoms with Crippen molar-refractivity contribution in [2.24, 2.45) is 0 Å². The maximum atomic E-state index is 12.7. The first-order chi connectivity index (χ1) is 9.06. The van der Waals surface area contributed by atoms with Crippen molar-refractivity contribution >= 4 is 39.4 Å². The average molecular weight is 391 g/mol. The monoisotopic (exact) mass is 390 g/mol. The Bertz CT molecular complexity index is 599. The molecule has 0 fully saturated rings.